The minimum Gasteiger partial charge on any atom is -0.345 e. The van der Waals surface area contributed by atoms with E-state index in [4.69, 9.17) is 9.78 Å². The Kier molecular flexibility index (Phi) is 4.12. The van der Waals surface area contributed by atoms with Gasteiger partial charge in [-0.2, -0.15) is 4.89 Å². The van der Waals surface area contributed by atoms with Crippen LogP contribution in [0.2, 0.25) is 0 Å². The molecule has 0 aliphatic heterocycles. The molecule has 0 amide bonds. The van der Waals surface area contributed by atoms with Crippen LogP contribution in [0.1, 0.15) is 34.1 Å². The van der Waals surface area contributed by atoms with Gasteiger partial charge >= 0.3 is 0 Å². The standard InChI is InChI=1S/C8H16O2/c1-5-6-7-9-10-8(2,3)4/h6-7H,5H2,1-4H3. The first-order valence-electron chi connectivity index (χ1n) is 3.56. The van der Waals surface area contributed by atoms with Crippen LogP contribution < -0.4 is 0 Å². The predicted octanol–water partition coefficient (Wildman–Crippen LogP) is 2.66. The Morgan fingerprint density at radius 2 is 1.90 bits per heavy atom. The highest BCUT2D eigenvalue weighted by molar-refractivity contribution is 4.69. The maximum absolute atomic E-state index is 4.94. The lowest BCUT2D eigenvalue weighted by molar-refractivity contribution is -0.310. The summed E-state index contributed by atoms with van der Waals surface area (Å²) in [6, 6.07) is 0. The minimum absolute atomic E-state index is 0.224. The molecule has 0 aliphatic carbocycles. The van der Waals surface area contributed by atoms with Crippen molar-refractivity contribution >= 4 is 0 Å². The molecular formula is C8H16O2. The van der Waals surface area contributed by atoms with Crippen LogP contribution >= 0.6 is 0 Å². The Morgan fingerprint density at radius 1 is 1.30 bits per heavy atom. The van der Waals surface area contributed by atoms with Gasteiger partial charge in [0, 0.05) is 0 Å². The van der Waals surface area contributed by atoms with Crippen LogP contribution in [0.5, 0.6) is 0 Å². The summed E-state index contributed by atoms with van der Waals surface area (Å²) in [5, 5.41) is 0. The van der Waals surface area contributed by atoms with E-state index in [2.05, 4.69) is 0 Å². The van der Waals surface area contributed by atoms with Crippen molar-refractivity contribution < 1.29 is 9.78 Å². The van der Waals surface area contributed by atoms with Gasteiger partial charge in [-0.25, -0.2) is 0 Å². The second kappa shape index (κ2) is 4.34. The zero-order chi connectivity index (χ0) is 8.04. The molecule has 0 atom stereocenters. The van der Waals surface area contributed by atoms with Gasteiger partial charge in [0.15, 0.2) is 0 Å². The number of hydrogen-bond acceptors (Lipinski definition) is 2. The van der Waals surface area contributed by atoms with Crippen LogP contribution in [0.25, 0.3) is 0 Å². The van der Waals surface area contributed by atoms with Gasteiger partial charge in [0.1, 0.15) is 11.9 Å². The molecule has 0 fully saturated rings. The second-order valence-electron chi connectivity index (χ2n) is 3.07. The molecule has 0 saturated carbocycles. The summed E-state index contributed by atoms with van der Waals surface area (Å²) >= 11 is 0. The van der Waals surface area contributed by atoms with Crippen molar-refractivity contribution in [1.82, 2.24) is 0 Å². The third-order valence-corrected chi connectivity index (χ3v) is 0.686. The molecule has 10 heavy (non-hydrogen) atoms. The number of hydrogen-bond donors (Lipinski definition) is 0. The summed E-state index contributed by atoms with van der Waals surface area (Å²) in [7, 11) is 0. The smallest absolute Gasteiger partial charge is 0.125 e. The van der Waals surface area contributed by atoms with E-state index in [-0.39, 0.29) is 5.60 Å². The molecule has 0 rings (SSSR count). The van der Waals surface area contributed by atoms with Crippen LogP contribution in [0.4, 0.5) is 0 Å². The zero-order valence-electron chi connectivity index (χ0n) is 7.18. The van der Waals surface area contributed by atoms with Crippen LogP contribution in [0.3, 0.4) is 0 Å². The van der Waals surface area contributed by atoms with Gasteiger partial charge in [-0.15, -0.1) is 0 Å². The molecule has 0 spiro atoms. The highest BCUT2D eigenvalue weighted by Gasteiger charge is 2.10. The van der Waals surface area contributed by atoms with E-state index < -0.39 is 0 Å². The van der Waals surface area contributed by atoms with E-state index in [1.807, 2.05) is 33.8 Å². The summed E-state index contributed by atoms with van der Waals surface area (Å²) < 4.78 is 0. The van der Waals surface area contributed by atoms with Gasteiger partial charge in [-0.05, 0) is 33.3 Å². The molecule has 0 aromatic carbocycles. The zero-order valence-corrected chi connectivity index (χ0v) is 7.18. The summed E-state index contributed by atoms with van der Waals surface area (Å²) in [6.07, 6.45) is 4.42. The summed E-state index contributed by atoms with van der Waals surface area (Å²) in [5.41, 5.74) is -0.224. The van der Waals surface area contributed by atoms with Gasteiger partial charge in [0.2, 0.25) is 0 Å². The third kappa shape index (κ3) is 7.50. The van der Waals surface area contributed by atoms with E-state index >= 15 is 0 Å². The van der Waals surface area contributed by atoms with Gasteiger partial charge in [0.25, 0.3) is 0 Å². The largest absolute Gasteiger partial charge is 0.345 e. The van der Waals surface area contributed by atoms with Crippen molar-refractivity contribution in [2.45, 2.75) is 39.7 Å². The van der Waals surface area contributed by atoms with Gasteiger partial charge in [-0.3, -0.25) is 0 Å². The van der Waals surface area contributed by atoms with Crippen molar-refractivity contribution in [1.29, 1.82) is 0 Å². The molecule has 0 aliphatic rings. The van der Waals surface area contributed by atoms with Crippen LogP contribution in [-0.2, 0) is 9.78 Å². The highest BCUT2D eigenvalue weighted by atomic mass is 17.2. The van der Waals surface area contributed by atoms with Gasteiger partial charge in [0.05, 0.1) is 0 Å². The Hall–Kier alpha value is -0.500. The Morgan fingerprint density at radius 3 is 2.30 bits per heavy atom. The molecule has 0 bridgehead atoms. The molecule has 0 heterocycles. The topological polar surface area (TPSA) is 18.5 Å². The second-order valence-corrected chi connectivity index (χ2v) is 3.07. The molecule has 0 aromatic rings. The lowest BCUT2D eigenvalue weighted by Gasteiger charge is -2.15. The van der Waals surface area contributed by atoms with Gasteiger partial charge in [-0.1, -0.05) is 6.92 Å². The molecule has 0 radical (unpaired) electrons. The van der Waals surface area contributed by atoms with E-state index in [1.165, 1.54) is 0 Å². The van der Waals surface area contributed by atoms with E-state index in [0.717, 1.165) is 6.42 Å². The van der Waals surface area contributed by atoms with Gasteiger partial charge < -0.3 is 4.89 Å². The molecule has 0 aromatic heterocycles. The maximum atomic E-state index is 4.94. The fraction of sp³-hybridized carbons (Fsp3) is 0.750. The monoisotopic (exact) mass is 144 g/mol. The summed E-state index contributed by atoms with van der Waals surface area (Å²) in [5.74, 6) is 0. The van der Waals surface area contributed by atoms with Crippen molar-refractivity contribution in [2.75, 3.05) is 0 Å². The fourth-order valence-corrected chi connectivity index (χ4v) is 0.308. The van der Waals surface area contributed by atoms with E-state index in [9.17, 15) is 0 Å². The number of rotatable bonds is 3. The molecule has 2 heteroatoms. The first-order valence-corrected chi connectivity index (χ1v) is 3.56. The molecule has 0 N–H and O–H groups in total. The lowest BCUT2D eigenvalue weighted by Crippen LogP contribution is -2.17. The minimum atomic E-state index is -0.224. The number of allylic oxidation sites excluding steroid dienone is 1. The molecule has 60 valence electrons. The Balaban J connectivity index is 3.28. The third-order valence-electron chi connectivity index (χ3n) is 0.686. The highest BCUT2D eigenvalue weighted by Crippen LogP contribution is 2.06. The van der Waals surface area contributed by atoms with Crippen LogP contribution in [0, 0.1) is 0 Å². The van der Waals surface area contributed by atoms with Crippen molar-refractivity contribution in [3.8, 4) is 0 Å². The van der Waals surface area contributed by atoms with Crippen LogP contribution in [0.15, 0.2) is 12.3 Å². The summed E-state index contributed by atoms with van der Waals surface area (Å²) in [6.45, 7) is 7.85. The van der Waals surface area contributed by atoms with Crippen molar-refractivity contribution in [3.63, 3.8) is 0 Å². The van der Waals surface area contributed by atoms with Crippen LogP contribution in [-0.4, -0.2) is 5.60 Å². The quantitative estimate of drug-likeness (QED) is 0.344. The molecule has 2 nitrogen and oxygen atoms in total. The Bertz CT molecular complexity index is 100. The average Bonchev–Trinajstić information content (AvgIpc) is 1.78. The lowest BCUT2D eigenvalue weighted by atomic mass is 10.2. The predicted molar refractivity (Wildman–Crippen MR) is 41.4 cm³/mol. The first-order chi connectivity index (χ1) is 4.56. The fourth-order valence-electron chi connectivity index (χ4n) is 0.308. The molecule has 0 saturated heterocycles. The molecular weight excluding hydrogens is 128 g/mol. The normalized spacial score (nSPS) is 12.4. The molecule has 0 unspecified atom stereocenters. The SMILES string of the molecule is CCC=COOC(C)(C)C. The Labute approximate surface area is 62.8 Å². The van der Waals surface area contributed by atoms with E-state index in [0.29, 0.717) is 0 Å². The average molecular weight is 144 g/mol. The maximum Gasteiger partial charge on any atom is 0.125 e. The van der Waals surface area contributed by atoms with Crippen molar-refractivity contribution in [3.05, 3.63) is 12.3 Å². The van der Waals surface area contributed by atoms with E-state index in [1.54, 1.807) is 6.26 Å². The summed E-state index contributed by atoms with van der Waals surface area (Å²) in [4.78, 5) is 9.70. The first kappa shape index (κ1) is 9.50. The van der Waals surface area contributed by atoms with Crippen molar-refractivity contribution in [2.24, 2.45) is 0 Å².